The van der Waals surface area contributed by atoms with Crippen LogP contribution in [0.3, 0.4) is 0 Å². The minimum absolute atomic E-state index is 0.105. The molecule has 2 aromatic carbocycles. The van der Waals surface area contributed by atoms with Gasteiger partial charge in [0.25, 0.3) is 0 Å². The molecule has 24 heavy (non-hydrogen) atoms. The Morgan fingerprint density at radius 3 is 2.58 bits per heavy atom. The number of carbonyl (C=O) groups excluding carboxylic acids is 1. The number of sulfonamides is 1. The van der Waals surface area contributed by atoms with Crippen molar-refractivity contribution < 1.29 is 22.3 Å². The SMILES string of the molecule is COc1ccccc1NC(=O)CNS(=O)(=O)c1ccc(F)c(C)c1. The summed E-state index contributed by atoms with van der Waals surface area (Å²) in [6, 6.07) is 10.2. The third kappa shape index (κ3) is 4.30. The summed E-state index contributed by atoms with van der Waals surface area (Å²) in [5, 5.41) is 2.56. The average Bonchev–Trinajstić information content (AvgIpc) is 2.56. The Morgan fingerprint density at radius 2 is 1.92 bits per heavy atom. The van der Waals surface area contributed by atoms with Crippen molar-refractivity contribution in [3.63, 3.8) is 0 Å². The van der Waals surface area contributed by atoms with Gasteiger partial charge in [0.05, 0.1) is 24.2 Å². The largest absolute Gasteiger partial charge is 0.495 e. The molecule has 0 aliphatic carbocycles. The Morgan fingerprint density at radius 1 is 1.21 bits per heavy atom. The van der Waals surface area contributed by atoms with Crippen LogP contribution < -0.4 is 14.8 Å². The van der Waals surface area contributed by atoms with Gasteiger partial charge in [-0.3, -0.25) is 4.79 Å². The van der Waals surface area contributed by atoms with Crippen LogP contribution in [-0.4, -0.2) is 28.0 Å². The molecule has 0 radical (unpaired) electrons. The van der Waals surface area contributed by atoms with Gasteiger partial charge in [-0.05, 0) is 42.8 Å². The number of halogens is 1. The standard InChI is InChI=1S/C16H17FN2O4S/c1-11-9-12(7-8-13(11)17)24(21,22)18-10-16(20)19-14-5-3-4-6-15(14)23-2/h3-9,18H,10H2,1-2H3,(H,19,20). The van der Waals surface area contributed by atoms with Gasteiger partial charge in [0.15, 0.2) is 0 Å². The molecule has 0 atom stereocenters. The number of hydrogen-bond acceptors (Lipinski definition) is 4. The molecule has 2 aromatic rings. The molecule has 0 heterocycles. The first-order chi connectivity index (χ1) is 11.3. The molecule has 2 N–H and O–H groups in total. The predicted molar refractivity (Wildman–Crippen MR) is 87.9 cm³/mol. The minimum atomic E-state index is -3.91. The predicted octanol–water partition coefficient (Wildman–Crippen LogP) is 2.06. The van der Waals surface area contributed by atoms with Crippen molar-refractivity contribution in [2.45, 2.75) is 11.8 Å². The van der Waals surface area contributed by atoms with Crippen molar-refractivity contribution in [3.8, 4) is 5.75 Å². The van der Waals surface area contributed by atoms with Gasteiger partial charge in [0, 0.05) is 0 Å². The molecule has 0 saturated heterocycles. The first kappa shape index (κ1) is 17.9. The number of hydrogen-bond donors (Lipinski definition) is 2. The van der Waals surface area contributed by atoms with E-state index in [1.165, 1.54) is 20.1 Å². The summed E-state index contributed by atoms with van der Waals surface area (Å²) >= 11 is 0. The third-order valence-electron chi connectivity index (χ3n) is 3.24. The zero-order valence-electron chi connectivity index (χ0n) is 13.2. The number of benzene rings is 2. The van der Waals surface area contributed by atoms with Crippen LogP contribution in [0.1, 0.15) is 5.56 Å². The highest BCUT2D eigenvalue weighted by Crippen LogP contribution is 2.22. The van der Waals surface area contributed by atoms with Crippen LogP contribution in [0.25, 0.3) is 0 Å². The second-order valence-electron chi connectivity index (χ2n) is 4.98. The van der Waals surface area contributed by atoms with E-state index in [2.05, 4.69) is 10.0 Å². The van der Waals surface area contributed by atoms with Gasteiger partial charge in [-0.25, -0.2) is 17.5 Å². The Kier molecular flexibility index (Phi) is 5.53. The number of anilines is 1. The number of para-hydroxylation sites is 2. The van der Waals surface area contributed by atoms with E-state index >= 15 is 0 Å². The molecule has 0 aliphatic rings. The van der Waals surface area contributed by atoms with Crippen molar-refractivity contribution in [2.75, 3.05) is 19.0 Å². The highest BCUT2D eigenvalue weighted by atomic mass is 32.2. The summed E-state index contributed by atoms with van der Waals surface area (Å²) in [5.41, 5.74) is 0.637. The van der Waals surface area contributed by atoms with Crippen LogP contribution in [0.2, 0.25) is 0 Å². The highest BCUT2D eigenvalue weighted by molar-refractivity contribution is 7.89. The fourth-order valence-electron chi connectivity index (χ4n) is 1.97. The smallest absolute Gasteiger partial charge is 0.241 e. The lowest BCUT2D eigenvalue weighted by Crippen LogP contribution is -2.33. The summed E-state index contributed by atoms with van der Waals surface area (Å²) in [5.74, 6) is -0.590. The molecule has 8 heteroatoms. The van der Waals surface area contributed by atoms with Gasteiger partial charge < -0.3 is 10.1 Å². The Balaban J connectivity index is 2.03. The van der Waals surface area contributed by atoms with Crippen LogP contribution in [0.15, 0.2) is 47.4 Å². The summed E-state index contributed by atoms with van der Waals surface area (Å²) in [4.78, 5) is 11.8. The molecular formula is C16H17FN2O4S. The Hall–Kier alpha value is -2.45. The van der Waals surface area contributed by atoms with E-state index in [0.717, 1.165) is 12.1 Å². The van der Waals surface area contributed by atoms with Gasteiger partial charge >= 0.3 is 0 Å². The van der Waals surface area contributed by atoms with E-state index in [1.807, 2.05) is 0 Å². The van der Waals surface area contributed by atoms with E-state index in [0.29, 0.717) is 11.4 Å². The Bertz CT molecular complexity index is 853. The van der Waals surface area contributed by atoms with E-state index in [1.54, 1.807) is 24.3 Å². The minimum Gasteiger partial charge on any atom is -0.495 e. The van der Waals surface area contributed by atoms with Crippen LogP contribution in [0.4, 0.5) is 10.1 Å². The molecule has 0 spiro atoms. The maximum absolute atomic E-state index is 13.2. The first-order valence-electron chi connectivity index (χ1n) is 7.02. The normalized spacial score (nSPS) is 11.1. The average molecular weight is 352 g/mol. The summed E-state index contributed by atoms with van der Waals surface area (Å²) < 4.78 is 44.8. The van der Waals surface area contributed by atoms with Crippen molar-refractivity contribution in [1.82, 2.24) is 4.72 Å². The number of methoxy groups -OCH3 is 1. The van der Waals surface area contributed by atoms with Crippen LogP contribution in [0.5, 0.6) is 5.75 Å². The number of nitrogens with one attached hydrogen (secondary N) is 2. The molecule has 0 bridgehead atoms. The van der Waals surface area contributed by atoms with Gasteiger partial charge in [0.2, 0.25) is 15.9 Å². The number of aryl methyl sites for hydroxylation is 1. The molecule has 0 aromatic heterocycles. The molecule has 2 rings (SSSR count). The van der Waals surface area contributed by atoms with Crippen LogP contribution in [-0.2, 0) is 14.8 Å². The quantitative estimate of drug-likeness (QED) is 0.833. The molecule has 0 aliphatic heterocycles. The third-order valence-corrected chi connectivity index (χ3v) is 4.64. The maximum Gasteiger partial charge on any atom is 0.241 e. The molecule has 0 fully saturated rings. The van der Waals surface area contributed by atoms with E-state index < -0.39 is 28.3 Å². The lowest BCUT2D eigenvalue weighted by Gasteiger charge is -2.11. The van der Waals surface area contributed by atoms with Crippen LogP contribution in [0, 0.1) is 12.7 Å². The topological polar surface area (TPSA) is 84.5 Å². The van der Waals surface area contributed by atoms with Gasteiger partial charge in [-0.1, -0.05) is 12.1 Å². The van der Waals surface area contributed by atoms with E-state index in [9.17, 15) is 17.6 Å². The van der Waals surface area contributed by atoms with Gasteiger partial charge in [-0.15, -0.1) is 0 Å². The second kappa shape index (κ2) is 7.41. The van der Waals surface area contributed by atoms with Crippen LogP contribution >= 0.6 is 0 Å². The second-order valence-corrected chi connectivity index (χ2v) is 6.75. The summed E-state index contributed by atoms with van der Waals surface area (Å²) in [7, 11) is -2.45. The highest BCUT2D eigenvalue weighted by Gasteiger charge is 2.17. The number of ether oxygens (including phenoxy) is 1. The van der Waals surface area contributed by atoms with Crippen molar-refractivity contribution in [1.29, 1.82) is 0 Å². The summed E-state index contributed by atoms with van der Waals surface area (Å²) in [6.45, 7) is 1.000. The summed E-state index contributed by atoms with van der Waals surface area (Å²) in [6.07, 6.45) is 0. The Labute approximate surface area is 139 Å². The number of rotatable bonds is 6. The number of amides is 1. The monoisotopic (exact) mass is 352 g/mol. The number of carbonyl (C=O) groups is 1. The molecule has 0 unspecified atom stereocenters. The van der Waals surface area contributed by atoms with E-state index in [4.69, 9.17) is 4.74 Å². The van der Waals surface area contributed by atoms with Crippen molar-refractivity contribution in [3.05, 3.63) is 53.8 Å². The van der Waals surface area contributed by atoms with Crippen molar-refractivity contribution >= 4 is 21.6 Å². The maximum atomic E-state index is 13.2. The van der Waals surface area contributed by atoms with Crippen molar-refractivity contribution in [2.24, 2.45) is 0 Å². The van der Waals surface area contributed by atoms with Gasteiger partial charge in [-0.2, -0.15) is 0 Å². The zero-order chi connectivity index (χ0) is 17.7. The van der Waals surface area contributed by atoms with E-state index in [-0.39, 0.29) is 10.5 Å². The lowest BCUT2D eigenvalue weighted by atomic mass is 10.2. The molecule has 128 valence electrons. The first-order valence-corrected chi connectivity index (χ1v) is 8.50. The fraction of sp³-hybridized carbons (Fsp3) is 0.188. The lowest BCUT2D eigenvalue weighted by molar-refractivity contribution is -0.115. The molecule has 1 amide bonds. The van der Waals surface area contributed by atoms with Gasteiger partial charge in [0.1, 0.15) is 11.6 Å². The molecular weight excluding hydrogens is 335 g/mol. The zero-order valence-corrected chi connectivity index (χ0v) is 14.0. The fourth-order valence-corrected chi connectivity index (χ4v) is 3.04. The molecule has 6 nitrogen and oxygen atoms in total. The molecule has 0 saturated carbocycles.